The van der Waals surface area contributed by atoms with E-state index in [2.05, 4.69) is 0 Å². The number of alkyl halides is 3. The second-order valence-electron chi connectivity index (χ2n) is 8.10. The van der Waals surface area contributed by atoms with Gasteiger partial charge in [0, 0.05) is 5.56 Å². The zero-order valence-electron chi connectivity index (χ0n) is 19.0. The number of nitrogens with one attached hydrogen (secondary N) is 1. The molecule has 0 aliphatic carbocycles. The van der Waals surface area contributed by atoms with Gasteiger partial charge in [0.25, 0.3) is 5.76 Å². The van der Waals surface area contributed by atoms with Gasteiger partial charge >= 0.3 is 6.18 Å². The minimum Gasteiger partial charge on any atom is -0.507 e. The Morgan fingerprint density at radius 2 is 1.60 bits per heavy atom. The van der Waals surface area contributed by atoms with Crippen LogP contribution in [0.5, 0.6) is 23.0 Å². The van der Waals surface area contributed by atoms with E-state index < -0.39 is 23.1 Å². The summed E-state index contributed by atoms with van der Waals surface area (Å²) >= 11 is 0. The molecular formula is C26H23F3NO5+. The molecule has 1 aromatic heterocycles. The summed E-state index contributed by atoms with van der Waals surface area (Å²) in [5, 5.41) is 10.3. The minimum atomic E-state index is -5.01. The monoisotopic (exact) mass is 486 g/mol. The maximum Gasteiger partial charge on any atom is 0.453 e. The molecule has 4 aromatic rings. The van der Waals surface area contributed by atoms with Gasteiger partial charge in [-0.2, -0.15) is 13.2 Å². The van der Waals surface area contributed by atoms with Crippen LogP contribution in [0.15, 0.2) is 75.9 Å². The molecule has 0 bridgehead atoms. The highest BCUT2D eigenvalue weighted by atomic mass is 19.4. The summed E-state index contributed by atoms with van der Waals surface area (Å²) in [5.74, 6) is -2.32. The van der Waals surface area contributed by atoms with E-state index in [-0.39, 0.29) is 34.6 Å². The number of phenols is 1. The van der Waals surface area contributed by atoms with E-state index in [9.17, 15) is 23.1 Å². The van der Waals surface area contributed by atoms with Gasteiger partial charge in [0.15, 0.2) is 5.58 Å². The van der Waals surface area contributed by atoms with Gasteiger partial charge in [-0.25, -0.2) is 0 Å². The largest absolute Gasteiger partial charge is 0.507 e. The van der Waals surface area contributed by atoms with Crippen molar-refractivity contribution < 1.29 is 37.1 Å². The van der Waals surface area contributed by atoms with Crippen molar-refractivity contribution in [3.8, 4) is 23.0 Å². The summed E-state index contributed by atoms with van der Waals surface area (Å²) in [6, 6.07) is 17.8. The Hall–Kier alpha value is -3.98. The van der Waals surface area contributed by atoms with Crippen molar-refractivity contribution in [2.24, 2.45) is 0 Å². The van der Waals surface area contributed by atoms with Crippen molar-refractivity contribution in [2.45, 2.75) is 19.3 Å². The number of benzene rings is 3. The van der Waals surface area contributed by atoms with Gasteiger partial charge < -0.3 is 23.9 Å². The van der Waals surface area contributed by atoms with Gasteiger partial charge in [-0.05, 0) is 36.4 Å². The number of phenolic OH excluding ortho intramolecular Hbond substituents is 1. The second kappa shape index (κ2) is 9.71. The lowest BCUT2D eigenvalue weighted by Gasteiger charge is -2.18. The molecule has 1 heterocycles. The van der Waals surface area contributed by atoms with Gasteiger partial charge in [0.05, 0.1) is 25.1 Å². The lowest BCUT2D eigenvalue weighted by Crippen LogP contribution is -3.06. The Balaban J connectivity index is 1.79. The van der Waals surface area contributed by atoms with E-state index in [1.165, 1.54) is 43.5 Å². The number of halogens is 3. The van der Waals surface area contributed by atoms with Crippen LogP contribution in [-0.4, -0.2) is 19.3 Å². The number of fused-ring (bicyclic) bond motifs is 1. The molecule has 2 N–H and O–H groups in total. The molecule has 9 heteroatoms. The average Bonchev–Trinajstić information content (AvgIpc) is 2.83. The molecule has 1 atom stereocenters. The molecule has 35 heavy (non-hydrogen) atoms. The van der Waals surface area contributed by atoms with Crippen molar-refractivity contribution in [1.29, 1.82) is 0 Å². The van der Waals surface area contributed by atoms with E-state index in [1.807, 2.05) is 37.4 Å². The number of rotatable bonds is 7. The number of ether oxygens (including phenoxy) is 2. The summed E-state index contributed by atoms with van der Waals surface area (Å²) < 4.78 is 57.5. The quantitative estimate of drug-likeness (QED) is 0.402. The van der Waals surface area contributed by atoms with E-state index in [0.29, 0.717) is 12.3 Å². The topological polar surface area (TPSA) is 73.3 Å². The number of quaternary nitrogens is 1. The first kappa shape index (κ1) is 24.2. The lowest BCUT2D eigenvalue weighted by molar-refractivity contribution is -0.907. The van der Waals surface area contributed by atoms with Crippen molar-refractivity contribution in [1.82, 2.24) is 0 Å². The maximum atomic E-state index is 14.0. The summed E-state index contributed by atoms with van der Waals surface area (Å²) in [7, 11) is 3.27. The third kappa shape index (κ3) is 5.25. The molecule has 0 fully saturated rings. The highest BCUT2D eigenvalue weighted by molar-refractivity contribution is 5.83. The van der Waals surface area contributed by atoms with Crippen LogP contribution < -0.4 is 19.8 Å². The van der Waals surface area contributed by atoms with Crippen LogP contribution in [-0.2, 0) is 19.3 Å². The highest BCUT2D eigenvalue weighted by Crippen LogP contribution is 2.39. The smallest absolute Gasteiger partial charge is 0.453 e. The average molecular weight is 486 g/mol. The van der Waals surface area contributed by atoms with E-state index in [0.717, 1.165) is 10.5 Å². The van der Waals surface area contributed by atoms with E-state index in [4.69, 9.17) is 13.9 Å². The molecular weight excluding hydrogens is 463 g/mol. The Bertz CT molecular complexity index is 1380. The first-order valence-corrected chi connectivity index (χ1v) is 10.7. The molecule has 0 amide bonds. The maximum absolute atomic E-state index is 14.0. The molecule has 0 radical (unpaired) electrons. The normalized spacial score (nSPS) is 12.5. The van der Waals surface area contributed by atoms with Crippen LogP contribution in [0.25, 0.3) is 11.0 Å². The number of hydrogen-bond acceptors (Lipinski definition) is 5. The number of aromatic hydroxyl groups is 1. The molecule has 0 saturated heterocycles. The van der Waals surface area contributed by atoms with Gasteiger partial charge in [-0.15, -0.1) is 0 Å². The van der Waals surface area contributed by atoms with Gasteiger partial charge in [-0.1, -0.05) is 30.3 Å². The molecule has 3 aromatic carbocycles. The fourth-order valence-corrected chi connectivity index (χ4v) is 3.81. The Morgan fingerprint density at radius 3 is 2.23 bits per heavy atom. The lowest BCUT2D eigenvalue weighted by atomic mass is 10.1. The SMILES string of the molecule is COc1ccc(Oc2c(C(F)(F)F)oc3c(C[NH+](C)Cc4ccccc4)c(O)ccc3c2=O)cc1. The summed E-state index contributed by atoms with van der Waals surface area (Å²) in [6.07, 6.45) is -5.01. The molecule has 6 nitrogen and oxygen atoms in total. The molecule has 0 aliphatic rings. The van der Waals surface area contributed by atoms with E-state index in [1.54, 1.807) is 0 Å². The Morgan fingerprint density at radius 1 is 0.943 bits per heavy atom. The molecule has 0 spiro atoms. The van der Waals surface area contributed by atoms with Crippen molar-refractivity contribution >= 4 is 11.0 Å². The van der Waals surface area contributed by atoms with Crippen LogP contribution in [0, 0.1) is 0 Å². The summed E-state index contributed by atoms with van der Waals surface area (Å²) in [4.78, 5) is 14.0. The molecule has 0 aliphatic heterocycles. The predicted molar refractivity (Wildman–Crippen MR) is 123 cm³/mol. The zero-order valence-corrected chi connectivity index (χ0v) is 19.0. The first-order chi connectivity index (χ1) is 16.7. The molecule has 182 valence electrons. The minimum absolute atomic E-state index is 0.00832. The predicted octanol–water partition coefficient (Wildman–Crippen LogP) is 4.53. The summed E-state index contributed by atoms with van der Waals surface area (Å²) in [6.45, 7) is 0.669. The summed E-state index contributed by atoms with van der Waals surface area (Å²) in [5.41, 5.74) is -0.194. The number of hydrogen-bond donors (Lipinski definition) is 2. The van der Waals surface area contributed by atoms with Crippen LogP contribution in [0.1, 0.15) is 16.9 Å². The van der Waals surface area contributed by atoms with Gasteiger partial charge in [-0.3, -0.25) is 4.79 Å². The van der Waals surface area contributed by atoms with Gasteiger partial charge in [0.2, 0.25) is 11.2 Å². The fraction of sp³-hybridized carbons (Fsp3) is 0.192. The Labute approximate surface area is 198 Å². The number of methoxy groups -OCH3 is 1. The van der Waals surface area contributed by atoms with Crippen LogP contribution in [0.3, 0.4) is 0 Å². The Kier molecular flexibility index (Phi) is 6.70. The molecule has 4 rings (SSSR count). The fourth-order valence-electron chi connectivity index (χ4n) is 3.81. The molecule has 1 unspecified atom stereocenters. The van der Waals surface area contributed by atoms with Crippen LogP contribution in [0.2, 0.25) is 0 Å². The zero-order chi connectivity index (χ0) is 25.2. The third-order valence-corrected chi connectivity index (χ3v) is 5.46. The van der Waals surface area contributed by atoms with Crippen molar-refractivity contribution in [2.75, 3.05) is 14.2 Å². The first-order valence-electron chi connectivity index (χ1n) is 10.7. The van der Waals surface area contributed by atoms with E-state index >= 15 is 0 Å². The van der Waals surface area contributed by atoms with Crippen molar-refractivity contribution in [3.05, 3.63) is 93.8 Å². The van der Waals surface area contributed by atoms with Crippen LogP contribution in [0.4, 0.5) is 13.2 Å². The van der Waals surface area contributed by atoms with Crippen molar-refractivity contribution in [3.63, 3.8) is 0 Å². The second-order valence-corrected chi connectivity index (χ2v) is 8.10. The standard InChI is InChI=1S/C26H22F3NO5/c1-30(14-16-6-4-3-5-7-16)15-20-21(31)13-12-19-22(32)24(25(26(27,28)29)35-23(19)20)34-18-10-8-17(33-2)9-11-18/h3-13,31H,14-15H2,1-2H3/p+1. The highest BCUT2D eigenvalue weighted by Gasteiger charge is 2.41. The third-order valence-electron chi connectivity index (χ3n) is 5.46. The molecule has 0 saturated carbocycles. The van der Waals surface area contributed by atoms with Crippen LogP contribution >= 0.6 is 0 Å². The van der Waals surface area contributed by atoms with Gasteiger partial charge in [0.1, 0.15) is 30.3 Å².